The number of pyridine rings is 1. The highest BCUT2D eigenvalue weighted by atomic mass is 16.5. The number of fused-ring (bicyclic) bond motifs is 1. The van der Waals surface area contributed by atoms with Crippen LogP contribution in [0, 0.1) is 6.92 Å². The Balaban J connectivity index is 2.19. The molecule has 4 nitrogen and oxygen atoms in total. The fourth-order valence-electron chi connectivity index (χ4n) is 2.28. The summed E-state index contributed by atoms with van der Waals surface area (Å²) in [6, 6.07) is 9.54. The van der Waals surface area contributed by atoms with Crippen molar-refractivity contribution in [2.45, 2.75) is 6.92 Å². The van der Waals surface area contributed by atoms with Crippen molar-refractivity contribution >= 4 is 11.9 Å². The molecular formula is C16H14N2O2. The monoisotopic (exact) mass is 266 g/mol. The summed E-state index contributed by atoms with van der Waals surface area (Å²) in [6.45, 7) is 1.96. The molecule has 1 aromatic carbocycles. The Hall–Kier alpha value is -2.62. The molecule has 0 saturated carbocycles. The zero-order valence-corrected chi connectivity index (χ0v) is 11.3. The predicted octanol–water partition coefficient (Wildman–Crippen LogP) is 3.13. The van der Waals surface area contributed by atoms with Gasteiger partial charge in [0.1, 0.15) is 11.4 Å². The summed E-state index contributed by atoms with van der Waals surface area (Å²) in [7, 11) is 1.64. The third-order valence-electron chi connectivity index (χ3n) is 3.21. The third kappa shape index (κ3) is 2.05. The Morgan fingerprint density at radius 3 is 2.85 bits per heavy atom. The standard InChI is InChI=1S/C16H14N2O2/c1-11-6-13(10-19)16-17-15(9-18(16)8-11)12-4-3-5-14(7-12)20-2/h3-10H,1-2H3. The molecule has 100 valence electrons. The number of aromatic nitrogens is 2. The first kappa shape index (κ1) is 12.4. The SMILES string of the molecule is COc1cccc(-c2cn3cc(C)cc(C=O)c3n2)c1. The van der Waals surface area contributed by atoms with Crippen molar-refractivity contribution in [3.05, 3.63) is 53.9 Å². The topological polar surface area (TPSA) is 43.6 Å². The molecule has 0 N–H and O–H groups in total. The molecule has 0 atom stereocenters. The van der Waals surface area contributed by atoms with Gasteiger partial charge in [0.25, 0.3) is 0 Å². The number of rotatable bonds is 3. The zero-order valence-electron chi connectivity index (χ0n) is 11.3. The lowest BCUT2D eigenvalue weighted by Gasteiger charge is -2.00. The molecule has 0 unspecified atom stereocenters. The van der Waals surface area contributed by atoms with Crippen LogP contribution in [0.5, 0.6) is 5.75 Å². The van der Waals surface area contributed by atoms with Crippen molar-refractivity contribution in [2.24, 2.45) is 0 Å². The number of aryl methyl sites for hydroxylation is 1. The fourth-order valence-corrected chi connectivity index (χ4v) is 2.28. The summed E-state index contributed by atoms with van der Waals surface area (Å²) in [5.41, 5.74) is 4.07. The number of hydrogen-bond donors (Lipinski definition) is 0. The minimum absolute atomic E-state index is 0.596. The maximum Gasteiger partial charge on any atom is 0.153 e. The van der Waals surface area contributed by atoms with Crippen LogP contribution in [0.4, 0.5) is 0 Å². The van der Waals surface area contributed by atoms with E-state index >= 15 is 0 Å². The van der Waals surface area contributed by atoms with E-state index in [1.807, 2.05) is 54.0 Å². The van der Waals surface area contributed by atoms with Gasteiger partial charge in [0, 0.05) is 18.0 Å². The van der Waals surface area contributed by atoms with Crippen LogP contribution < -0.4 is 4.74 Å². The van der Waals surface area contributed by atoms with E-state index in [2.05, 4.69) is 4.98 Å². The number of benzene rings is 1. The van der Waals surface area contributed by atoms with E-state index < -0.39 is 0 Å². The predicted molar refractivity (Wildman–Crippen MR) is 77.3 cm³/mol. The van der Waals surface area contributed by atoms with Gasteiger partial charge in [-0.25, -0.2) is 4.98 Å². The van der Waals surface area contributed by atoms with E-state index in [-0.39, 0.29) is 0 Å². The van der Waals surface area contributed by atoms with Gasteiger partial charge in [-0.05, 0) is 30.7 Å². The second-order valence-electron chi connectivity index (χ2n) is 4.68. The van der Waals surface area contributed by atoms with Crippen LogP contribution in [-0.2, 0) is 0 Å². The molecule has 3 rings (SSSR count). The van der Waals surface area contributed by atoms with Crippen molar-refractivity contribution in [2.75, 3.05) is 7.11 Å². The van der Waals surface area contributed by atoms with Crippen LogP contribution in [0.1, 0.15) is 15.9 Å². The average molecular weight is 266 g/mol. The molecule has 0 aliphatic heterocycles. The molecular weight excluding hydrogens is 252 g/mol. The molecule has 0 amide bonds. The number of carbonyl (C=O) groups excluding carboxylic acids is 1. The van der Waals surface area contributed by atoms with Gasteiger partial charge in [-0.3, -0.25) is 4.79 Å². The summed E-state index contributed by atoms with van der Waals surface area (Å²) in [5.74, 6) is 0.784. The van der Waals surface area contributed by atoms with Crippen LogP contribution in [-0.4, -0.2) is 22.8 Å². The minimum Gasteiger partial charge on any atom is -0.497 e. The lowest BCUT2D eigenvalue weighted by Crippen LogP contribution is -1.91. The van der Waals surface area contributed by atoms with Gasteiger partial charge < -0.3 is 9.14 Å². The molecule has 0 aliphatic carbocycles. The Morgan fingerprint density at radius 2 is 2.10 bits per heavy atom. The zero-order chi connectivity index (χ0) is 14.1. The van der Waals surface area contributed by atoms with Crippen molar-refractivity contribution in [1.29, 1.82) is 0 Å². The molecule has 0 aliphatic rings. The fraction of sp³-hybridized carbons (Fsp3) is 0.125. The molecule has 4 heteroatoms. The van der Waals surface area contributed by atoms with Crippen molar-refractivity contribution in [1.82, 2.24) is 9.38 Å². The van der Waals surface area contributed by atoms with E-state index in [0.29, 0.717) is 11.2 Å². The van der Waals surface area contributed by atoms with Crippen LogP contribution in [0.15, 0.2) is 42.7 Å². The van der Waals surface area contributed by atoms with Gasteiger partial charge in [0.2, 0.25) is 0 Å². The van der Waals surface area contributed by atoms with Crippen molar-refractivity contribution in [3.8, 4) is 17.0 Å². The highest BCUT2D eigenvalue weighted by molar-refractivity contribution is 5.85. The maximum atomic E-state index is 11.1. The Morgan fingerprint density at radius 1 is 1.25 bits per heavy atom. The summed E-state index contributed by atoms with van der Waals surface area (Å²) < 4.78 is 7.11. The van der Waals surface area contributed by atoms with E-state index in [9.17, 15) is 4.79 Å². The average Bonchev–Trinajstić information content (AvgIpc) is 2.90. The highest BCUT2D eigenvalue weighted by Gasteiger charge is 2.09. The van der Waals surface area contributed by atoms with Gasteiger partial charge in [-0.1, -0.05) is 12.1 Å². The van der Waals surface area contributed by atoms with Gasteiger partial charge in [-0.15, -0.1) is 0 Å². The normalized spacial score (nSPS) is 10.7. The number of carbonyl (C=O) groups is 1. The molecule has 0 bridgehead atoms. The van der Waals surface area contributed by atoms with E-state index in [4.69, 9.17) is 4.74 Å². The number of aldehydes is 1. The number of nitrogens with zero attached hydrogens (tertiary/aromatic N) is 2. The van der Waals surface area contributed by atoms with Gasteiger partial charge in [0.15, 0.2) is 6.29 Å². The lowest BCUT2D eigenvalue weighted by molar-refractivity contribution is 0.112. The highest BCUT2D eigenvalue weighted by Crippen LogP contribution is 2.24. The van der Waals surface area contributed by atoms with Crippen molar-refractivity contribution in [3.63, 3.8) is 0 Å². The maximum absolute atomic E-state index is 11.1. The van der Waals surface area contributed by atoms with E-state index in [0.717, 1.165) is 28.9 Å². The molecule has 2 heterocycles. The molecule has 3 aromatic rings. The Kier molecular flexibility index (Phi) is 2.99. The van der Waals surface area contributed by atoms with E-state index in [1.54, 1.807) is 7.11 Å². The number of methoxy groups -OCH3 is 1. The lowest BCUT2D eigenvalue weighted by atomic mass is 10.1. The molecule has 0 radical (unpaired) electrons. The van der Waals surface area contributed by atoms with Crippen LogP contribution >= 0.6 is 0 Å². The number of imidazole rings is 1. The quantitative estimate of drug-likeness (QED) is 0.684. The second-order valence-corrected chi connectivity index (χ2v) is 4.68. The summed E-state index contributed by atoms with van der Waals surface area (Å²) >= 11 is 0. The summed E-state index contributed by atoms with van der Waals surface area (Å²) in [6.07, 6.45) is 4.72. The number of ether oxygens (including phenoxy) is 1. The van der Waals surface area contributed by atoms with E-state index in [1.165, 1.54) is 0 Å². The summed E-state index contributed by atoms with van der Waals surface area (Å²) in [4.78, 5) is 15.7. The molecule has 20 heavy (non-hydrogen) atoms. The third-order valence-corrected chi connectivity index (χ3v) is 3.21. The van der Waals surface area contributed by atoms with Crippen LogP contribution in [0.25, 0.3) is 16.9 Å². The van der Waals surface area contributed by atoms with Crippen LogP contribution in [0.2, 0.25) is 0 Å². The van der Waals surface area contributed by atoms with Gasteiger partial charge in [0.05, 0.1) is 18.4 Å². The first-order chi connectivity index (χ1) is 9.71. The molecule has 0 fully saturated rings. The van der Waals surface area contributed by atoms with Crippen LogP contribution in [0.3, 0.4) is 0 Å². The smallest absolute Gasteiger partial charge is 0.153 e. The molecule has 2 aromatic heterocycles. The van der Waals surface area contributed by atoms with Crippen molar-refractivity contribution < 1.29 is 9.53 Å². The Labute approximate surface area is 116 Å². The first-order valence-electron chi connectivity index (χ1n) is 6.30. The second kappa shape index (κ2) is 4.81. The van der Waals surface area contributed by atoms with Gasteiger partial charge in [-0.2, -0.15) is 0 Å². The van der Waals surface area contributed by atoms with Gasteiger partial charge >= 0.3 is 0 Å². The molecule has 0 spiro atoms. The summed E-state index contributed by atoms with van der Waals surface area (Å²) in [5, 5.41) is 0. The number of hydrogen-bond acceptors (Lipinski definition) is 3. The first-order valence-corrected chi connectivity index (χ1v) is 6.30. The Bertz CT molecular complexity index is 790. The minimum atomic E-state index is 0.596. The molecule has 0 saturated heterocycles. The largest absolute Gasteiger partial charge is 0.497 e.